The van der Waals surface area contributed by atoms with E-state index in [-0.39, 0.29) is 37.5 Å². The molecular formula is C72H116O6. The summed E-state index contributed by atoms with van der Waals surface area (Å²) in [5.74, 6) is -0.946. The molecule has 0 amide bonds. The van der Waals surface area contributed by atoms with Crippen molar-refractivity contribution in [3.8, 4) is 0 Å². The second-order valence-corrected chi connectivity index (χ2v) is 20.5. The molecule has 0 radical (unpaired) electrons. The highest BCUT2D eigenvalue weighted by molar-refractivity contribution is 5.71. The maximum absolute atomic E-state index is 12.9. The summed E-state index contributed by atoms with van der Waals surface area (Å²) in [5.41, 5.74) is 0. The lowest BCUT2D eigenvalue weighted by molar-refractivity contribution is -0.167. The van der Waals surface area contributed by atoms with Crippen LogP contribution in [0.4, 0.5) is 0 Å². The van der Waals surface area contributed by atoms with E-state index in [0.717, 1.165) is 154 Å². The number of carbonyl (C=O) groups is 3. The van der Waals surface area contributed by atoms with Crippen LogP contribution in [-0.2, 0) is 28.6 Å². The molecule has 0 rings (SSSR count). The minimum absolute atomic E-state index is 0.0991. The minimum Gasteiger partial charge on any atom is -0.462 e. The third kappa shape index (κ3) is 62.1. The highest BCUT2D eigenvalue weighted by Gasteiger charge is 2.19. The van der Waals surface area contributed by atoms with Crippen molar-refractivity contribution < 1.29 is 28.6 Å². The Morgan fingerprint density at radius 2 is 0.500 bits per heavy atom. The predicted molar refractivity (Wildman–Crippen MR) is 339 cm³/mol. The van der Waals surface area contributed by atoms with Crippen LogP contribution in [0, 0.1) is 0 Å². The summed E-state index contributed by atoms with van der Waals surface area (Å²) in [6.45, 7) is 6.31. The second-order valence-electron chi connectivity index (χ2n) is 20.5. The number of rotatable bonds is 56. The average molecular weight is 1080 g/mol. The molecule has 0 aromatic carbocycles. The Morgan fingerprint density at radius 3 is 0.808 bits per heavy atom. The Balaban J connectivity index is 4.27. The maximum atomic E-state index is 12.9. The Hall–Kier alpha value is -4.71. The van der Waals surface area contributed by atoms with Crippen molar-refractivity contribution in [2.24, 2.45) is 0 Å². The molecule has 0 aliphatic rings. The molecule has 0 saturated carbocycles. The normalized spacial score (nSPS) is 13.1. The van der Waals surface area contributed by atoms with Gasteiger partial charge >= 0.3 is 17.9 Å². The van der Waals surface area contributed by atoms with Crippen LogP contribution in [0.2, 0.25) is 0 Å². The zero-order valence-corrected chi connectivity index (χ0v) is 50.4. The number of allylic oxidation sites excluding steroid dienone is 24. The summed E-state index contributed by atoms with van der Waals surface area (Å²) in [5, 5.41) is 0. The number of unbranched alkanes of at least 4 members (excludes halogenated alkanes) is 21. The first kappa shape index (κ1) is 73.3. The van der Waals surface area contributed by atoms with E-state index in [1.165, 1.54) is 77.0 Å². The van der Waals surface area contributed by atoms with Crippen molar-refractivity contribution in [2.75, 3.05) is 13.2 Å². The van der Waals surface area contributed by atoms with Crippen molar-refractivity contribution in [3.63, 3.8) is 0 Å². The molecule has 0 N–H and O–H groups in total. The molecule has 6 nitrogen and oxygen atoms in total. The van der Waals surface area contributed by atoms with Gasteiger partial charge in [-0.25, -0.2) is 0 Å². The van der Waals surface area contributed by atoms with Gasteiger partial charge in [0.25, 0.3) is 0 Å². The van der Waals surface area contributed by atoms with Crippen LogP contribution in [0.3, 0.4) is 0 Å². The van der Waals surface area contributed by atoms with Crippen LogP contribution >= 0.6 is 0 Å². The van der Waals surface area contributed by atoms with E-state index < -0.39 is 6.10 Å². The molecule has 0 heterocycles. The molecule has 0 aromatic heterocycles. The fourth-order valence-corrected chi connectivity index (χ4v) is 8.36. The zero-order chi connectivity index (χ0) is 56.4. The standard InChI is InChI=1S/C72H116O6/c1-4-7-10-13-16-19-22-24-26-28-30-31-32-33-34-35-36-37-38-39-40-41-43-44-46-48-50-53-56-59-62-65-71(74)77-68-69(67-76-70(73)64-61-58-55-52-21-18-15-12-9-6-3)78-72(75)66-63-60-57-54-51-49-47-45-42-29-27-25-23-20-17-14-11-8-5-2/h7-8,10-12,15-17,19-20,24-27,30-31,33-34,36-37,42,45,49,51,69H,4-6,9,13-14,18,21-23,28-29,32,35,38-41,43-44,46-48,50,52-68H2,1-3H3/b10-7-,11-8-,15-12-,19-16-,20-17-,26-24-,27-25-,31-30-,34-33-,37-36-,45-42-,51-49-. The molecule has 0 aliphatic heterocycles. The molecule has 1 unspecified atom stereocenters. The summed E-state index contributed by atoms with van der Waals surface area (Å²) in [7, 11) is 0. The molecule has 0 saturated heterocycles. The fraction of sp³-hybridized carbons (Fsp3) is 0.625. The average Bonchev–Trinajstić information content (AvgIpc) is 3.44. The first-order valence-corrected chi connectivity index (χ1v) is 31.8. The van der Waals surface area contributed by atoms with Gasteiger partial charge in [0.05, 0.1) is 0 Å². The molecular weight excluding hydrogens is 961 g/mol. The van der Waals surface area contributed by atoms with E-state index in [0.29, 0.717) is 12.8 Å². The van der Waals surface area contributed by atoms with Gasteiger partial charge in [-0.2, -0.15) is 0 Å². The Morgan fingerprint density at radius 1 is 0.269 bits per heavy atom. The van der Waals surface area contributed by atoms with Gasteiger partial charge in [0.2, 0.25) is 0 Å². The summed E-state index contributed by atoms with van der Waals surface area (Å²) in [4.78, 5) is 38.2. The highest BCUT2D eigenvalue weighted by atomic mass is 16.6. The largest absolute Gasteiger partial charge is 0.462 e. The van der Waals surface area contributed by atoms with Gasteiger partial charge in [0.15, 0.2) is 6.10 Å². The van der Waals surface area contributed by atoms with Gasteiger partial charge in [-0.15, -0.1) is 0 Å². The van der Waals surface area contributed by atoms with E-state index in [4.69, 9.17) is 14.2 Å². The molecule has 0 aliphatic carbocycles. The van der Waals surface area contributed by atoms with Crippen molar-refractivity contribution in [3.05, 3.63) is 146 Å². The summed E-state index contributed by atoms with van der Waals surface area (Å²) in [6, 6.07) is 0. The molecule has 440 valence electrons. The SMILES string of the molecule is CC/C=C\C/C=C\C/C=C\C/C=C\C/C=C\C/C=C\CCCCCCCCCCCCCCC(=O)OCC(COC(=O)CCCCCCC/C=C\CCC)OC(=O)CCCCC/C=C\C/C=C\C/C=C\C/C=C\C/C=C\CC. The van der Waals surface area contributed by atoms with Crippen LogP contribution in [0.5, 0.6) is 0 Å². The minimum atomic E-state index is -0.805. The third-order valence-corrected chi connectivity index (χ3v) is 13.0. The quantitative estimate of drug-likeness (QED) is 0.0261. The molecule has 6 heteroatoms. The van der Waals surface area contributed by atoms with E-state index in [1.54, 1.807) is 0 Å². The number of carbonyl (C=O) groups excluding carboxylic acids is 3. The Labute approximate surface area is 480 Å². The van der Waals surface area contributed by atoms with Gasteiger partial charge in [0, 0.05) is 19.3 Å². The maximum Gasteiger partial charge on any atom is 0.306 e. The van der Waals surface area contributed by atoms with Gasteiger partial charge in [-0.3, -0.25) is 14.4 Å². The number of hydrogen-bond acceptors (Lipinski definition) is 6. The summed E-state index contributed by atoms with van der Waals surface area (Å²) in [6.07, 6.45) is 92.9. The lowest BCUT2D eigenvalue weighted by Crippen LogP contribution is -2.30. The monoisotopic (exact) mass is 1080 g/mol. The molecule has 0 aromatic rings. The summed E-state index contributed by atoms with van der Waals surface area (Å²) >= 11 is 0. The van der Waals surface area contributed by atoms with E-state index in [1.807, 2.05) is 0 Å². The lowest BCUT2D eigenvalue weighted by atomic mass is 10.0. The first-order valence-electron chi connectivity index (χ1n) is 31.8. The number of hydrogen-bond donors (Lipinski definition) is 0. The highest BCUT2D eigenvalue weighted by Crippen LogP contribution is 2.15. The molecule has 78 heavy (non-hydrogen) atoms. The van der Waals surface area contributed by atoms with Gasteiger partial charge < -0.3 is 14.2 Å². The van der Waals surface area contributed by atoms with E-state index >= 15 is 0 Å². The van der Waals surface area contributed by atoms with Crippen LogP contribution in [0.25, 0.3) is 0 Å². The van der Waals surface area contributed by atoms with Crippen LogP contribution in [0.1, 0.15) is 271 Å². The smallest absolute Gasteiger partial charge is 0.306 e. The van der Waals surface area contributed by atoms with Crippen molar-refractivity contribution in [2.45, 2.75) is 277 Å². The van der Waals surface area contributed by atoms with E-state index in [2.05, 4.69) is 167 Å². The fourth-order valence-electron chi connectivity index (χ4n) is 8.36. The molecule has 0 spiro atoms. The van der Waals surface area contributed by atoms with Gasteiger partial charge in [0.1, 0.15) is 13.2 Å². The predicted octanol–water partition coefficient (Wildman–Crippen LogP) is 21.9. The van der Waals surface area contributed by atoms with Crippen molar-refractivity contribution in [1.82, 2.24) is 0 Å². The molecule has 0 bridgehead atoms. The summed E-state index contributed by atoms with van der Waals surface area (Å²) < 4.78 is 16.8. The van der Waals surface area contributed by atoms with Crippen molar-refractivity contribution >= 4 is 17.9 Å². The van der Waals surface area contributed by atoms with E-state index in [9.17, 15) is 14.4 Å². The van der Waals surface area contributed by atoms with Gasteiger partial charge in [-0.1, -0.05) is 263 Å². The lowest BCUT2D eigenvalue weighted by Gasteiger charge is -2.18. The van der Waals surface area contributed by atoms with Crippen LogP contribution in [-0.4, -0.2) is 37.2 Å². The van der Waals surface area contributed by atoms with Crippen LogP contribution in [0.15, 0.2) is 146 Å². The Bertz CT molecular complexity index is 1710. The third-order valence-electron chi connectivity index (χ3n) is 13.0. The molecule has 0 fully saturated rings. The number of ether oxygens (including phenoxy) is 3. The molecule has 1 atom stereocenters. The first-order chi connectivity index (χ1) is 38.5. The number of esters is 3. The van der Waals surface area contributed by atoms with Gasteiger partial charge in [-0.05, 0) is 135 Å². The zero-order valence-electron chi connectivity index (χ0n) is 50.4. The Kier molecular flexibility index (Phi) is 60.9. The second kappa shape index (κ2) is 64.8. The topological polar surface area (TPSA) is 78.9 Å². The van der Waals surface area contributed by atoms with Crippen molar-refractivity contribution in [1.29, 1.82) is 0 Å². The van der Waals surface area contributed by atoms with Crippen LogP contribution < -0.4 is 0 Å².